The zero-order valence-corrected chi connectivity index (χ0v) is 6.88. The van der Waals surface area contributed by atoms with Gasteiger partial charge in [-0.2, -0.15) is 0 Å². The highest BCUT2D eigenvalue weighted by Crippen LogP contribution is 2.20. The van der Waals surface area contributed by atoms with Crippen molar-refractivity contribution in [3.63, 3.8) is 0 Å². The fraction of sp³-hybridized carbons (Fsp3) is 1.00. The summed E-state index contributed by atoms with van der Waals surface area (Å²) >= 11 is 0. The van der Waals surface area contributed by atoms with Gasteiger partial charge in [0.05, 0.1) is 13.2 Å². The number of aliphatic hydroxyl groups excluding tert-OH is 3. The average molecular weight is 178 g/mol. The molecule has 0 aromatic rings. The molecule has 5 nitrogen and oxygen atoms in total. The Morgan fingerprint density at radius 1 is 1.25 bits per heavy atom. The third-order valence-corrected chi connectivity index (χ3v) is 1.97. The maximum atomic E-state index is 9.32. The Kier molecular flexibility index (Phi) is 3.42. The Hall–Kier alpha value is -0.200. The summed E-state index contributed by atoms with van der Waals surface area (Å²) in [6, 6.07) is 0. The summed E-state index contributed by atoms with van der Waals surface area (Å²) < 4.78 is 9.86. The summed E-state index contributed by atoms with van der Waals surface area (Å²) in [6.07, 6.45) is -3.22. The van der Waals surface area contributed by atoms with E-state index in [1.165, 1.54) is 7.11 Å². The van der Waals surface area contributed by atoms with Crippen molar-refractivity contribution in [1.29, 1.82) is 0 Å². The van der Waals surface area contributed by atoms with E-state index in [4.69, 9.17) is 14.6 Å². The third kappa shape index (κ3) is 1.75. The fourth-order valence-electron chi connectivity index (χ4n) is 1.28. The van der Waals surface area contributed by atoms with Crippen molar-refractivity contribution in [2.75, 3.05) is 20.3 Å². The van der Waals surface area contributed by atoms with Crippen LogP contribution in [0.25, 0.3) is 0 Å². The molecule has 5 heteroatoms. The topological polar surface area (TPSA) is 79.2 Å². The summed E-state index contributed by atoms with van der Waals surface area (Å²) in [4.78, 5) is 0. The number of methoxy groups -OCH3 is 1. The zero-order valence-electron chi connectivity index (χ0n) is 6.88. The monoisotopic (exact) mass is 178 g/mol. The summed E-state index contributed by atoms with van der Waals surface area (Å²) in [5.41, 5.74) is 0. The Morgan fingerprint density at radius 3 is 2.25 bits per heavy atom. The van der Waals surface area contributed by atoms with Crippen LogP contribution in [0.4, 0.5) is 0 Å². The molecule has 1 heterocycles. The third-order valence-electron chi connectivity index (χ3n) is 1.97. The molecular weight excluding hydrogens is 164 g/mol. The number of hydrogen-bond acceptors (Lipinski definition) is 5. The number of rotatable bonds is 3. The summed E-state index contributed by atoms with van der Waals surface area (Å²) in [6.45, 7) is -0.0762. The second-order valence-electron chi connectivity index (χ2n) is 2.83. The van der Waals surface area contributed by atoms with Gasteiger partial charge in [0.15, 0.2) is 0 Å². The molecule has 0 aliphatic carbocycles. The van der Waals surface area contributed by atoms with Crippen molar-refractivity contribution in [2.24, 2.45) is 0 Å². The van der Waals surface area contributed by atoms with E-state index in [9.17, 15) is 10.2 Å². The zero-order chi connectivity index (χ0) is 9.14. The molecule has 1 fully saturated rings. The van der Waals surface area contributed by atoms with Gasteiger partial charge in [0.1, 0.15) is 24.4 Å². The Labute approximate surface area is 70.5 Å². The highest BCUT2D eigenvalue weighted by atomic mass is 16.6. The SMILES string of the molecule is COC[C@H]1O[C@@H](CO)C(O)C1O. The van der Waals surface area contributed by atoms with Crippen LogP contribution in [0, 0.1) is 0 Å². The van der Waals surface area contributed by atoms with Crippen LogP contribution in [0.3, 0.4) is 0 Å². The first kappa shape index (κ1) is 9.88. The number of hydrogen-bond donors (Lipinski definition) is 3. The van der Waals surface area contributed by atoms with Crippen LogP contribution in [0.2, 0.25) is 0 Å². The highest BCUT2D eigenvalue weighted by molar-refractivity contribution is 4.89. The lowest BCUT2D eigenvalue weighted by atomic mass is 10.1. The van der Waals surface area contributed by atoms with Crippen molar-refractivity contribution in [1.82, 2.24) is 0 Å². The minimum Gasteiger partial charge on any atom is -0.394 e. The standard InChI is InChI=1S/C7H14O5/c1-11-3-5-7(10)6(9)4(2-8)12-5/h4-10H,2-3H2,1H3/t4-,5+,6?,7?/m0/s1. The second kappa shape index (κ2) is 4.15. The molecule has 2 unspecified atom stereocenters. The largest absolute Gasteiger partial charge is 0.394 e. The van der Waals surface area contributed by atoms with Gasteiger partial charge in [-0.25, -0.2) is 0 Å². The van der Waals surface area contributed by atoms with Gasteiger partial charge < -0.3 is 24.8 Å². The summed E-state index contributed by atoms with van der Waals surface area (Å²) in [7, 11) is 1.48. The van der Waals surface area contributed by atoms with Crippen LogP contribution in [0.5, 0.6) is 0 Å². The molecule has 72 valence electrons. The molecule has 1 rings (SSSR count). The molecule has 0 amide bonds. The van der Waals surface area contributed by atoms with Crippen LogP contribution >= 0.6 is 0 Å². The van der Waals surface area contributed by atoms with Gasteiger partial charge >= 0.3 is 0 Å². The van der Waals surface area contributed by atoms with Crippen molar-refractivity contribution in [3.05, 3.63) is 0 Å². The van der Waals surface area contributed by atoms with Gasteiger partial charge in [0.25, 0.3) is 0 Å². The van der Waals surface area contributed by atoms with E-state index in [2.05, 4.69) is 0 Å². The van der Waals surface area contributed by atoms with Gasteiger partial charge in [0, 0.05) is 7.11 Å². The van der Waals surface area contributed by atoms with Gasteiger partial charge in [-0.3, -0.25) is 0 Å². The predicted molar refractivity (Wildman–Crippen MR) is 39.6 cm³/mol. The van der Waals surface area contributed by atoms with E-state index >= 15 is 0 Å². The van der Waals surface area contributed by atoms with E-state index in [1.807, 2.05) is 0 Å². The average Bonchev–Trinajstić information content (AvgIpc) is 2.33. The minimum atomic E-state index is -1.02. The summed E-state index contributed by atoms with van der Waals surface area (Å²) in [5, 5.41) is 27.3. The van der Waals surface area contributed by atoms with Crippen molar-refractivity contribution in [2.45, 2.75) is 24.4 Å². The van der Waals surface area contributed by atoms with E-state index in [0.29, 0.717) is 0 Å². The Balaban J connectivity index is 2.48. The quantitative estimate of drug-likeness (QED) is 0.471. The van der Waals surface area contributed by atoms with Crippen LogP contribution < -0.4 is 0 Å². The molecule has 0 aromatic heterocycles. The van der Waals surface area contributed by atoms with E-state index in [1.54, 1.807) is 0 Å². The molecule has 3 N–H and O–H groups in total. The molecule has 1 aliphatic heterocycles. The molecule has 0 spiro atoms. The Bertz CT molecular complexity index is 140. The predicted octanol–water partition coefficient (Wildman–Crippen LogP) is -1.89. The molecule has 1 aliphatic rings. The van der Waals surface area contributed by atoms with Crippen molar-refractivity contribution in [3.8, 4) is 0 Å². The molecule has 0 saturated carbocycles. The second-order valence-corrected chi connectivity index (χ2v) is 2.83. The molecule has 0 radical (unpaired) electrons. The first-order valence-electron chi connectivity index (χ1n) is 3.82. The minimum absolute atomic E-state index is 0.217. The van der Waals surface area contributed by atoms with Crippen LogP contribution in [-0.4, -0.2) is 60.1 Å². The fourth-order valence-corrected chi connectivity index (χ4v) is 1.28. The van der Waals surface area contributed by atoms with Gasteiger partial charge in [0.2, 0.25) is 0 Å². The smallest absolute Gasteiger partial charge is 0.111 e. The van der Waals surface area contributed by atoms with Gasteiger partial charge in [-0.05, 0) is 0 Å². The number of ether oxygens (including phenoxy) is 2. The van der Waals surface area contributed by atoms with E-state index < -0.39 is 24.4 Å². The van der Waals surface area contributed by atoms with Crippen LogP contribution in [0.1, 0.15) is 0 Å². The lowest BCUT2D eigenvalue weighted by molar-refractivity contribution is -0.0473. The Morgan fingerprint density at radius 2 is 1.83 bits per heavy atom. The molecule has 0 bridgehead atoms. The molecule has 1 saturated heterocycles. The highest BCUT2D eigenvalue weighted by Gasteiger charge is 2.41. The lowest BCUT2D eigenvalue weighted by Crippen LogP contribution is -2.35. The van der Waals surface area contributed by atoms with E-state index in [0.717, 1.165) is 0 Å². The van der Waals surface area contributed by atoms with Crippen molar-refractivity contribution >= 4 is 0 Å². The van der Waals surface area contributed by atoms with E-state index in [-0.39, 0.29) is 13.2 Å². The summed E-state index contributed by atoms with van der Waals surface area (Å²) in [5.74, 6) is 0. The molecule has 4 atom stereocenters. The molecule has 0 aromatic carbocycles. The number of aliphatic hydroxyl groups is 3. The maximum absolute atomic E-state index is 9.32. The van der Waals surface area contributed by atoms with Crippen LogP contribution in [0.15, 0.2) is 0 Å². The van der Waals surface area contributed by atoms with Crippen LogP contribution in [-0.2, 0) is 9.47 Å². The first-order valence-corrected chi connectivity index (χ1v) is 3.82. The maximum Gasteiger partial charge on any atom is 0.111 e. The first-order chi connectivity index (χ1) is 5.70. The molecule has 12 heavy (non-hydrogen) atoms. The molecular formula is C7H14O5. The van der Waals surface area contributed by atoms with Crippen molar-refractivity contribution < 1.29 is 24.8 Å². The normalized spacial score (nSPS) is 42.0. The van der Waals surface area contributed by atoms with Gasteiger partial charge in [-0.15, -0.1) is 0 Å². The lowest BCUT2D eigenvalue weighted by Gasteiger charge is -2.12. The van der Waals surface area contributed by atoms with Gasteiger partial charge in [-0.1, -0.05) is 0 Å².